The molecule has 8 nitrogen and oxygen atoms in total. The van der Waals surface area contributed by atoms with Crippen LogP contribution in [0, 0.1) is 0 Å². The number of nitrogens with zero attached hydrogens (tertiary/aromatic N) is 6. The van der Waals surface area contributed by atoms with Crippen molar-refractivity contribution >= 4 is 54.5 Å². The zero-order valence-electron chi connectivity index (χ0n) is 12.0. The molecule has 0 fully saturated rings. The first-order valence-corrected chi connectivity index (χ1v) is 10.9. The molecule has 0 N–H and O–H groups in total. The predicted molar refractivity (Wildman–Crippen MR) is 91.7 cm³/mol. The van der Waals surface area contributed by atoms with Crippen molar-refractivity contribution in [1.29, 1.82) is 0 Å². The van der Waals surface area contributed by atoms with Crippen molar-refractivity contribution < 1.29 is 8.42 Å². The third-order valence-electron chi connectivity index (χ3n) is 2.99. The normalized spacial score (nSPS) is 12.0. The molecule has 12 heteroatoms. The molecule has 0 unspecified atom stereocenters. The third kappa shape index (κ3) is 2.92. The van der Waals surface area contributed by atoms with Gasteiger partial charge in [-0.15, -0.1) is 27.8 Å². The molecule has 0 radical (unpaired) electrons. The van der Waals surface area contributed by atoms with Gasteiger partial charge in [0.2, 0.25) is 10.3 Å². The SMILES string of the molecule is CS(=O)(=O)c1ccc2nc(Sc3nnnn3-c3nccs3)sc2c1. The van der Waals surface area contributed by atoms with E-state index < -0.39 is 9.84 Å². The smallest absolute Gasteiger partial charge is 0.223 e. The number of benzene rings is 1. The van der Waals surface area contributed by atoms with E-state index in [1.54, 1.807) is 29.1 Å². The van der Waals surface area contributed by atoms with Crippen molar-refractivity contribution in [3.05, 3.63) is 29.8 Å². The van der Waals surface area contributed by atoms with Gasteiger partial charge in [0, 0.05) is 17.8 Å². The molecular formula is C12H8N6O2S4. The maximum atomic E-state index is 11.7. The minimum atomic E-state index is -3.24. The lowest BCUT2D eigenvalue weighted by Gasteiger charge is -1.96. The average Bonchev–Trinajstić information content (AvgIpc) is 3.25. The van der Waals surface area contributed by atoms with Crippen LogP contribution in [0.4, 0.5) is 0 Å². The van der Waals surface area contributed by atoms with E-state index in [0.29, 0.717) is 10.3 Å². The quantitative estimate of drug-likeness (QED) is 0.517. The summed E-state index contributed by atoms with van der Waals surface area (Å²) in [6, 6.07) is 4.90. The molecule has 0 amide bonds. The minimum Gasteiger partial charge on any atom is -0.229 e. The summed E-state index contributed by atoms with van der Waals surface area (Å²) >= 11 is 4.13. The minimum absolute atomic E-state index is 0.280. The lowest BCUT2D eigenvalue weighted by atomic mass is 10.3. The third-order valence-corrected chi connectivity index (χ3v) is 6.86. The molecule has 0 saturated carbocycles. The van der Waals surface area contributed by atoms with E-state index in [-0.39, 0.29) is 4.90 Å². The number of sulfone groups is 1. The highest BCUT2D eigenvalue weighted by molar-refractivity contribution is 8.01. The Hall–Kier alpha value is -1.89. The van der Waals surface area contributed by atoms with Gasteiger partial charge in [0.1, 0.15) is 0 Å². The van der Waals surface area contributed by atoms with Crippen LogP contribution in [-0.2, 0) is 9.84 Å². The first-order chi connectivity index (χ1) is 11.5. The predicted octanol–water partition coefficient (Wildman–Crippen LogP) is 2.28. The van der Waals surface area contributed by atoms with Crippen LogP contribution in [0.5, 0.6) is 0 Å². The summed E-state index contributed by atoms with van der Waals surface area (Å²) in [5, 5.41) is 14.7. The number of thiazole rings is 2. The van der Waals surface area contributed by atoms with E-state index in [0.717, 1.165) is 14.6 Å². The van der Waals surface area contributed by atoms with Crippen LogP contribution in [0.15, 0.2) is 44.2 Å². The van der Waals surface area contributed by atoms with Gasteiger partial charge >= 0.3 is 0 Å². The number of hydrogen-bond donors (Lipinski definition) is 0. The summed E-state index contributed by atoms with van der Waals surface area (Å²) < 4.78 is 26.4. The van der Waals surface area contributed by atoms with Gasteiger partial charge in [-0.1, -0.05) is 0 Å². The fourth-order valence-corrected chi connectivity index (χ4v) is 5.27. The lowest BCUT2D eigenvalue weighted by molar-refractivity contribution is 0.602. The van der Waals surface area contributed by atoms with Crippen molar-refractivity contribution in [3.8, 4) is 5.13 Å². The van der Waals surface area contributed by atoms with Crippen LogP contribution in [-0.4, -0.2) is 44.8 Å². The molecule has 122 valence electrons. The fourth-order valence-electron chi connectivity index (χ4n) is 1.92. The molecule has 0 spiro atoms. The highest BCUT2D eigenvalue weighted by atomic mass is 32.2. The van der Waals surface area contributed by atoms with Gasteiger partial charge in [-0.2, -0.15) is 4.68 Å². The van der Waals surface area contributed by atoms with Gasteiger partial charge in [0.05, 0.1) is 15.1 Å². The number of rotatable bonds is 4. The molecule has 0 aliphatic heterocycles. The van der Waals surface area contributed by atoms with Crippen molar-refractivity contribution in [2.75, 3.05) is 6.26 Å². The Morgan fingerprint density at radius 3 is 2.92 bits per heavy atom. The van der Waals surface area contributed by atoms with E-state index in [9.17, 15) is 8.42 Å². The van der Waals surface area contributed by atoms with Gasteiger partial charge in [-0.25, -0.2) is 18.4 Å². The maximum absolute atomic E-state index is 11.7. The van der Waals surface area contributed by atoms with Crippen LogP contribution in [0.1, 0.15) is 0 Å². The second-order valence-electron chi connectivity index (χ2n) is 4.67. The molecule has 24 heavy (non-hydrogen) atoms. The molecule has 0 aliphatic carbocycles. The highest BCUT2D eigenvalue weighted by Gasteiger charge is 2.16. The summed E-state index contributed by atoms with van der Waals surface area (Å²) in [6.45, 7) is 0. The van der Waals surface area contributed by atoms with Crippen molar-refractivity contribution in [3.63, 3.8) is 0 Å². The number of aromatic nitrogens is 6. The molecule has 4 rings (SSSR count). The molecule has 0 atom stereocenters. The molecule has 1 aromatic carbocycles. The molecule has 3 heterocycles. The Morgan fingerprint density at radius 2 is 2.17 bits per heavy atom. The first-order valence-electron chi connectivity index (χ1n) is 6.47. The summed E-state index contributed by atoms with van der Waals surface area (Å²) in [7, 11) is -3.24. The van der Waals surface area contributed by atoms with E-state index in [2.05, 4.69) is 25.5 Å². The Morgan fingerprint density at radius 1 is 1.29 bits per heavy atom. The fraction of sp³-hybridized carbons (Fsp3) is 0.0833. The second kappa shape index (κ2) is 5.88. The van der Waals surface area contributed by atoms with E-state index in [1.807, 2.05) is 5.38 Å². The Balaban J connectivity index is 1.70. The zero-order valence-corrected chi connectivity index (χ0v) is 15.3. The molecular weight excluding hydrogens is 388 g/mol. The topological polar surface area (TPSA) is 104 Å². The summed E-state index contributed by atoms with van der Waals surface area (Å²) in [6.07, 6.45) is 2.87. The van der Waals surface area contributed by atoms with Gasteiger partial charge < -0.3 is 0 Å². The monoisotopic (exact) mass is 396 g/mol. The van der Waals surface area contributed by atoms with Crippen LogP contribution in [0.3, 0.4) is 0 Å². The Kier molecular flexibility index (Phi) is 3.83. The van der Waals surface area contributed by atoms with E-state index >= 15 is 0 Å². The van der Waals surface area contributed by atoms with Crippen molar-refractivity contribution in [2.45, 2.75) is 14.4 Å². The van der Waals surface area contributed by atoms with Gasteiger partial charge in [0.15, 0.2) is 14.2 Å². The second-order valence-corrected chi connectivity index (χ2v) is 9.81. The van der Waals surface area contributed by atoms with Crippen molar-refractivity contribution in [1.82, 2.24) is 30.2 Å². The number of hydrogen-bond acceptors (Lipinski definition) is 10. The highest BCUT2D eigenvalue weighted by Crippen LogP contribution is 2.34. The molecule has 4 aromatic rings. The summed E-state index contributed by atoms with van der Waals surface area (Å²) in [4.78, 5) is 8.96. The standard InChI is InChI=1S/C12H8N6O2S4/c1-24(19,20)7-2-3-8-9(6-7)22-12(14-8)23-11-15-16-17-18(11)10-13-4-5-21-10/h2-6H,1H3. The van der Waals surface area contributed by atoms with Crippen molar-refractivity contribution in [2.24, 2.45) is 0 Å². The molecule has 0 bridgehead atoms. The van der Waals surface area contributed by atoms with E-state index in [4.69, 9.17) is 0 Å². The largest absolute Gasteiger partial charge is 0.229 e. The van der Waals surface area contributed by atoms with Gasteiger partial charge in [-0.3, -0.25) is 0 Å². The van der Waals surface area contributed by atoms with Crippen LogP contribution >= 0.6 is 34.4 Å². The van der Waals surface area contributed by atoms with E-state index in [1.165, 1.54) is 40.7 Å². The van der Waals surface area contributed by atoms with Crippen LogP contribution in [0.25, 0.3) is 15.3 Å². The number of fused-ring (bicyclic) bond motifs is 1. The zero-order chi connectivity index (χ0) is 16.7. The Labute approximate surface area is 148 Å². The molecule has 0 aliphatic rings. The average molecular weight is 397 g/mol. The first kappa shape index (κ1) is 15.6. The van der Waals surface area contributed by atoms with Gasteiger partial charge in [0.25, 0.3) is 0 Å². The van der Waals surface area contributed by atoms with Crippen LogP contribution in [0.2, 0.25) is 0 Å². The summed E-state index contributed by atoms with van der Waals surface area (Å²) in [5.41, 5.74) is 0.739. The molecule has 0 saturated heterocycles. The van der Waals surface area contributed by atoms with Gasteiger partial charge in [-0.05, 0) is 40.4 Å². The summed E-state index contributed by atoms with van der Waals surface area (Å²) in [5.74, 6) is 0. The Bertz CT molecular complexity index is 1120. The maximum Gasteiger partial charge on any atom is 0.223 e. The number of tetrazole rings is 1. The molecule has 3 aromatic heterocycles. The van der Waals surface area contributed by atoms with Crippen LogP contribution < -0.4 is 0 Å². The lowest BCUT2D eigenvalue weighted by Crippen LogP contribution is -1.97.